The summed E-state index contributed by atoms with van der Waals surface area (Å²) in [5.41, 5.74) is 0. The molecule has 1 aromatic carbocycles. The number of hydrogen-bond donors (Lipinski definition) is 1. The molecule has 0 unspecified atom stereocenters. The highest BCUT2D eigenvalue weighted by molar-refractivity contribution is 9.10. The maximum Gasteiger partial charge on any atom is 0.148 e. The molecular formula is C11H14BrCl2NO3S. The summed E-state index contributed by atoms with van der Waals surface area (Å²) in [6, 6.07) is 3.29. The third kappa shape index (κ3) is 6.81. The predicted octanol–water partition coefficient (Wildman–Crippen LogP) is 2.77. The topological polar surface area (TPSA) is 55.4 Å². The van der Waals surface area contributed by atoms with Gasteiger partial charge < -0.3 is 10.1 Å². The Morgan fingerprint density at radius 2 is 1.95 bits per heavy atom. The van der Waals surface area contributed by atoms with E-state index in [1.165, 1.54) is 6.26 Å². The predicted molar refractivity (Wildman–Crippen MR) is 82.2 cm³/mol. The highest BCUT2D eigenvalue weighted by atomic mass is 79.9. The van der Waals surface area contributed by atoms with Gasteiger partial charge in [0.25, 0.3) is 0 Å². The van der Waals surface area contributed by atoms with Crippen molar-refractivity contribution in [2.75, 3.05) is 31.7 Å². The Morgan fingerprint density at radius 3 is 2.58 bits per heavy atom. The van der Waals surface area contributed by atoms with Crippen molar-refractivity contribution in [2.45, 2.75) is 0 Å². The van der Waals surface area contributed by atoms with Gasteiger partial charge in [-0.3, -0.25) is 0 Å². The van der Waals surface area contributed by atoms with E-state index in [0.29, 0.717) is 40.0 Å². The first kappa shape index (κ1) is 17.0. The fourth-order valence-corrected chi connectivity index (χ4v) is 2.59. The highest BCUT2D eigenvalue weighted by Crippen LogP contribution is 2.33. The maximum atomic E-state index is 10.9. The zero-order valence-electron chi connectivity index (χ0n) is 10.3. The van der Waals surface area contributed by atoms with Crippen LogP contribution in [0.3, 0.4) is 0 Å². The average molecular weight is 391 g/mol. The smallest absolute Gasteiger partial charge is 0.148 e. The van der Waals surface area contributed by atoms with Crippen LogP contribution in [0.25, 0.3) is 0 Å². The van der Waals surface area contributed by atoms with Gasteiger partial charge in [0.2, 0.25) is 0 Å². The van der Waals surface area contributed by atoms with E-state index < -0.39 is 9.84 Å². The van der Waals surface area contributed by atoms with Crippen LogP contribution in [0.15, 0.2) is 16.6 Å². The summed E-state index contributed by atoms with van der Waals surface area (Å²) in [6.45, 7) is 1.30. The first-order valence-electron chi connectivity index (χ1n) is 5.45. The first-order valence-corrected chi connectivity index (χ1v) is 9.06. The summed E-state index contributed by atoms with van der Waals surface area (Å²) < 4.78 is 27.9. The van der Waals surface area contributed by atoms with E-state index in [-0.39, 0.29) is 5.75 Å². The van der Waals surface area contributed by atoms with Crippen LogP contribution in [0.2, 0.25) is 10.0 Å². The number of sulfone groups is 1. The molecule has 4 nitrogen and oxygen atoms in total. The van der Waals surface area contributed by atoms with E-state index in [2.05, 4.69) is 21.2 Å². The van der Waals surface area contributed by atoms with Crippen molar-refractivity contribution >= 4 is 49.0 Å². The van der Waals surface area contributed by atoms with Crippen LogP contribution in [-0.4, -0.2) is 40.1 Å². The summed E-state index contributed by atoms with van der Waals surface area (Å²) in [5, 5.41) is 3.95. The molecule has 0 aliphatic carbocycles. The lowest BCUT2D eigenvalue weighted by Crippen LogP contribution is -2.26. The molecule has 1 aromatic rings. The quantitative estimate of drug-likeness (QED) is 0.574. The lowest BCUT2D eigenvalue weighted by atomic mass is 10.3. The SMILES string of the molecule is CS(=O)(=O)CCNCCOc1cc(Cl)c(Br)cc1Cl. The van der Waals surface area contributed by atoms with Gasteiger partial charge in [-0.15, -0.1) is 0 Å². The molecule has 0 radical (unpaired) electrons. The summed E-state index contributed by atoms with van der Waals surface area (Å²) in [4.78, 5) is 0. The zero-order valence-corrected chi connectivity index (χ0v) is 14.2. The molecule has 0 atom stereocenters. The molecule has 0 aromatic heterocycles. The first-order chi connectivity index (χ1) is 8.79. The molecule has 19 heavy (non-hydrogen) atoms. The van der Waals surface area contributed by atoms with Crippen LogP contribution in [0.1, 0.15) is 0 Å². The van der Waals surface area contributed by atoms with Crippen molar-refractivity contribution in [1.82, 2.24) is 5.32 Å². The van der Waals surface area contributed by atoms with E-state index in [9.17, 15) is 8.42 Å². The zero-order chi connectivity index (χ0) is 14.5. The fourth-order valence-electron chi connectivity index (χ4n) is 1.23. The Hall–Kier alpha value is -0.0100. The van der Waals surface area contributed by atoms with E-state index in [4.69, 9.17) is 27.9 Å². The molecule has 0 aliphatic heterocycles. The number of hydrogen-bond acceptors (Lipinski definition) is 4. The van der Waals surface area contributed by atoms with Gasteiger partial charge >= 0.3 is 0 Å². The summed E-state index contributed by atoms with van der Waals surface area (Å²) >= 11 is 15.2. The molecule has 8 heteroatoms. The fraction of sp³-hybridized carbons (Fsp3) is 0.455. The lowest BCUT2D eigenvalue weighted by molar-refractivity contribution is 0.315. The van der Waals surface area contributed by atoms with Gasteiger partial charge in [0.15, 0.2) is 0 Å². The average Bonchev–Trinajstić information content (AvgIpc) is 2.28. The molecule has 0 amide bonds. The van der Waals surface area contributed by atoms with Crippen LogP contribution >= 0.6 is 39.1 Å². The van der Waals surface area contributed by atoms with E-state index in [0.717, 1.165) is 0 Å². The van der Waals surface area contributed by atoms with Crippen molar-refractivity contribution in [3.05, 3.63) is 26.7 Å². The Kier molecular flexibility index (Phi) is 6.90. The van der Waals surface area contributed by atoms with Gasteiger partial charge in [-0.05, 0) is 22.0 Å². The van der Waals surface area contributed by atoms with Gasteiger partial charge in [0.05, 0.1) is 15.8 Å². The molecule has 1 rings (SSSR count). The third-order valence-electron chi connectivity index (χ3n) is 2.16. The normalized spacial score (nSPS) is 11.6. The minimum Gasteiger partial charge on any atom is -0.491 e. The molecule has 0 spiro atoms. The molecule has 108 valence electrons. The number of halogens is 3. The van der Waals surface area contributed by atoms with Crippen molar-refractivity contribution in [1.29, 1.82) is 0 Å². The molecule has 1 N–H and O–H groups in total. The molecule has 0 saturated carbocycles. The Balaban J connectivity index is 2.32. The molecular weight excluding hydrogens is 377 g/mol. The van der Waals surface area contributed by atoms with E-state index >= 15 is 0 Å². The largest absolute Gasteiger partial charge is 0.491 e. The number of nitrogens with one attached hydrogen (secondary N) is 1. The van der Waals surface area contributed by atoms with Crippen LogP contribution in [0.5, 0.6) is 5.75 Å². The minimum absolute atomic E-state index is 0.109. The van der Waals surface area contributed by atoms with E-state index in [1.54, 1.807) is 12.1 Å². The maximum absolute atomic E-state index is 10.9. The second-order valence-electron chi connectivity index (χ2n) is 3.93. The van der Waals surface area contributed by atoms with Crippen molar-refractivity contribution in [2.24, 2.45) is 0 Å². The number of rotatable bonds is 7. The van der Waals surface area contributed by atoms with Crippen LogP contribution in [0, 0.1) is 0 Å². The van der Waals surface area contributed by atoms with Gasteiger partial charge in [0.1, 0.15) is 22.2 Å². The Morgan fingerprint density at radius 1 is 1.26 bits per heavy atom. The Labute approximate surface area is 131 Å². The molecule has 0 fully saturated rings. The molecule has 0 aliphatic rings. The van der Waals surface area contributed by atoms with Crippen molar-refractivity contribution < 1.29 is 13.2 Å². The lowest BCUT2D eigenvalue weighted by Gasteiger charge is -2.10. The number of ether oxygens (including phenoxy) is 1. The van der Waals surface area contributed by atoms with Gasteiger partial charge in [-0.25, -0.2) is 8.42 Å². The van der Waals surface area contributed by atoms with Crippen molar-refractivity contribution in [3.8, 4) is 5.75 Å². The van der Waals surface area contributed by atoms with Crippen LogP contribution in [-0.2, 0) is 9.84 Å². The van der Waals surface area contributed by atoms with Gasteiger partial charge in [0, 0.05) is 29.9 Å². The number of benzene rings is 1. The van der Waals surface area contributed by atoms with Gasteiger partial charge in [-0.2, -0.15) is 0 Å². The standard InChI is InChI=1S/C11H14BrCl2NO3S/c1-19(16,17)5-3-15-2-4-18-11-7-9(13)8(12)6-10(11)14/h6-7,15H,2-5H2,1H3. The molecule has 0 bridgehead atoms. The molecule has 0 saturated heterocycles. The minimum atomic E-state index is -2.93. The second-order valence-corrected chi connectivity index (χ2v) is 7.85. The summed E-state index contributed by atoms with van der Waals surface area (Å²) in [7, 11) is -2.93. The van der Waals surface area contributed by atoms with Crippen LogP contribution in [0.4, 0.5) is 0 Å². The van der Waals surface area contributed by atoms with Crippen LogP contribution < -0.4 is 10.1 Å². The Bertz CT molecular complexity index is 537. The second kappa shape index (κ2) is 7.69. The van der Waals surface area contributed by atoms with Gasteiger partial charge in [-0.1, -0.05) is 23.2 Å². The monoisotopic (exact) mass is 389 g/mol. The molecule has 0 heterocycles. The summed E-state index contributed by atoms with van der Waals surface area (Å²) in [5.74, 6) is 0.609. The third-order valence-corrected chi connectivity index (χ3v) is 4.60. The van der Waals surface area contributed by atoms with E-state index in [1.807, 2.05) is 0 Å². The van der Waals surface area contributed by atoms with Crippen molar-refractivity contribution in [3.63, 3.8) is 0 Å². The summed E-state index contributed by atoms with van der Waals surface area (Å²) in [6.07, 6.45) is 1.20. The highest BCUT2D eigenvalue weighted by Gasteiger charge is 2.06.